The molecule has 2 rings (SSSR count). The molecule has 1 saturated carbocycles. The van der Waals surface area contributed by atoms with E-state index < -0.39 is 11.7 Å². The van der Waals surface area contributed by atoms with Crippen molar-refractivity contribution in [3.8, 4) is 0 Å². The van der Waals surface area contributed by atoms with Crippen LogP contribution in [0.1, 0.15) is 37.7 Å². The van der Waals surface area contributed by atoms with Gasteiger partial charge in [0.25, 0.3) is 5.56 Å². The maximum Gasteiger partial charge on any atom is 0.417 e. The van der Waals surface area contributed by atoms with E-state index in [1.54, 1.807) is 0 Å². The molecule has 20 heavy (non-hydrogen) atoms. The summed E-state index contributed by atoms with van der Waals surface area (Å²) in [7, 11) is 0. The summed E-state index contributed by atoms with van der Waals surface area (Å²) in [6.45, 7) is 0.348. The molecule has 0 bridgehead atoms. The van der Waals surface area contributed by atoms with Crippen molar-refractivity contribution in [2.75, 3.05) is 5.33 Å². The number of aromatic nitrogens is 1. The molecule has 0 radical (unpaired) electrons. The molecule has 1 aromatic heterocycles. The summed E-state index contributed by atoms with van der Waals surface area (Å²) in [4.78, 5) is 11.8. The van der Waals surface area contributed by atoms with E-state index in [0.717, 1.165) is 50.4 Å². The van der Waals surface area contributed by atoms with E-state index in [9.17, 15) is 18.0 Å². The van der Waals surface area contributed by atoms with Crippen LogP contribution in [0.5, 0.6) is 0 Å². The third kappa shape index (κ3) is 3.45. The van der Waals surface area contributed by atoms with Gasteiger partial charge in [-0.15, -0.1) is 0 Å². The predicted octanol–water partition coefficient (Wildman–Crippen LogP) is 4.21. The van der Waals surface area contributed by atoms with Crippen molar-refractivity contribution in [2.45, 2.75) is 44.8 Å². The molecule has 1 aromatic rings. The van der Waals surface area contributed by atoms with Gasteiger partial charge >= 0.3 is 6.18 Å². The fraction of sp³-hybridized carbons (Fsp3) is 0.643. The Kier molecular flexibility index (Phi) is 4.62. The van der Waals surface area contributed by atoms with Crippen LogP contribution in [-0.4, -0.2) is 9.90 Å². The highest BCUT2D eigenvalue weighted by molar-refractivity contribution is 9.09. The van der Waals surface area contributed by atoms with Crippen LogP contribution in [0.4, 0.5) is 13.2 Å². The maximum atomic E-state index is 12.7. The van der Waals surface area contributed by atoms with Crippen molar-refractivity contribution >= 4 is 15.9 Å². The summed E-state index contributed by atoms with van der Waals surface area (Å²) in [6.07, 6.45) is 1.72. The van der Waals surface area contributed by atoms with Crippen LogP contribution in [0.15, 0.2) is 23.1 Å². The Hall–Kier alpha value is -0.780. The average molecular weight is 352 g/mol. The van der Waals surface area contributed by atoms with Crippen LogP contribution in [0.2, 0.25) is 0 Å². The number of hydrogen-bond acceptors (Lipinski definition) is 1. The van der Waals surface area contributed by atoms with Crippen molar-refractivity contribution in [3.05, 3.63) is 34.2 Å². The topological polar surface area (TPSA) is 22.0 Å². The summed E-state index contributed by atoms with van der Waals surface area (Å²) >= 11 is 3.47. The van der Waals surface area contributed by atoms with Gasteiger partial charge < -0.3 is 4.57 Å². The molecule has 0 unspecified atom stereocenters. The molecule has 0 aromatic carbocycles. The normalized spacial score (nSPS) is 19.0. The van der Waals surface area contributed by atoms with Crippen LogP contribution in [-0.2, 0) is 12.7 Å². The molecular weight excluding hydrogens is 335 g/mol. The molecule has 0 saturated heterocycles. The molecule has 1 fully saturated rings. The Balaban J connectivity index is 2.30. The van der Waals surface area contributed by atoms with Gasteiger partial charge in [-0.2, -0.15) is 13.2 Å². The summed E-state index contributed by atoms with van der Waals surface area (Å²) in [5.41, 5.74) is -1.24. The van der Waals surface area contributed by atoms with E-state index >= 15 is 0 Å². The van der Waals surface area contributed by atoms with E-state index in [1.807, 2.05) is 0 Å². The molecule has 6 heteroatoms. The number of rotatable bonds is 3. The number of nitrogens with zero attached hydrogens (tertiary/aromatic N) is 1. The molecular formula is C14H17BrF3NO. The molecule has 1 heterocycles. The van der Waals surface area contributed by atoms with Crippen LogP contribution in [0.3, 0.4) is 0 Å². The summed E-state index contributed by atoms with van der Waals surface area (Å²) in [5.74, 6) is 0. The van der Waals surface area contributed by atoms with Gasteiger partial charge in [0.1, 0.15) is 0 Å². The van der Waals surface area contributed by atoms with E-state index in [0.29, 0.717) is 11.9 Å². The van der Waals surface area contributed by atoms with Crippen molar-refractivity contribution in [1.82, 2.24) is 4.57 Å². The lowest BCUT2D eigenvalue weighted by atomic mass is 9.75. The number of halogens is 4. The predicted molar refractivity (Wildman–Crippen MR) is 75.0 cm³/mol. The molecule has 0 spiro atoms. The van der Waals surface area contributed by atoms with Crippen LogP contribution < -0.4 is 5.56 Å². The zero-order valence-corrected chi connectivity index (χ0v) is 12.6. The van der Waals surface area contributed by atoms with Gasteiger partial charge in [0.2, 0.25) is 0 Å². The second-order valence-corrected chi connectivity index (χ2v) is 6.14. The van der Waals surface area contributed by atoms with E-state index in [-0.39, 0.29) is 11.0 Å². The minimum atomic E-state index is -4.41. The fourth-order valence-corrected chi connectivity index (χ4v) is 3.56. The lowest BCUT2D eigenvalue weighted by molar-refractivity contribution is -0.138. The lowest BCUT2D eigenvalue weighted by Gasteiger charge is -2.36. The molecule has 112 valence electrons. The Labute approximate surface area is 124 Å². The number of pyridine rings is 1. The summed E-state index contributed by atoms with van der Waals surface area (Å²) in [5, 5.41) is 0.711. The van der Waals surface area contributed by atoms with Gasteiger partial charge in [0.05, 0.1) is 5.56 Å². The molecule has 0 aliphatic heterocycles. The quantitative estimate of drug-likeness (QED) is 0.747. The van der Waals surface area contributed by atoms with Crippen molar-refractivity contribution < 1.29 is 13.2 Å². The molecule has 1 aliphatic rings. The maximum absolute atomic E-state index is 12.7. The Morgan fingerprint density at radius 1 is 1.20 bits per heavy atom. The van der Waals surface area contributed by atoms with Crippen LogP contribution >= 0.6 is 15.9 Å². The lowest BCUT2D eigenvalue weighted by Crippen LogP contribution is -2.35. The minimum Gasteiger partial charge on any atom is -0.314 e. The first-order valence-electron chi connectivity index (χ1n) is 6.70. The standard InChI is InChI=1S/C14H17BrF3NO/c15-9-13(6-2-1-3-7-13)10-19-8-11(14(16,17)18)4-5-12(19)20/h4-5,8H,1-3,6-7,9-10H2. The first-order valence-corrected chi connectivity index (χ1v) is 7.82. The Morgan fingerprint density at radius 3 is 2.40 bits per heavy atom. The zero-order valence-electron chi connectivity index (χ0n) is 11.0. The van der Waals surface area contributed by atoms with E-state index in [2.05, 4.69) is 15.9 Å². The highest BCUT2D eigenvalue weighted by Gasteiger charge is 2.34. The van der Waals surface area contributed by atoms with Gasteiger partial charge in [-0.1, -0.05) is 35.2 Å². The molecule has 1 aliphatic carbocycles. The van der Waals surface area contributed by atoms with Gasteiger partial charge in [-0.3, -0.25) is 4.79 Å². The van der Waals surface area contributed by atoms with Gasteiger partial charge in [-0.25, -0.2) is 0 Å². The molecule has 0 atom stereocenters. The van der Waals surface area contributed by atoms with Gasteiger partial charge in [0, 0.05) is 24.1 Å². The zero-order chi connectivity index (χ0) is 14.8. The van der Waals surface area contributed by atoms with Gasteiger partial charge in [-0.05, 0) is 24.3 Å². The minimum absolute atomic E-state index is 0.105. The Bertz CT molecular complexity index is 518. The smallest absolute Gasteiger partial charge is 0.314 e. The first-order chi connectivity index (χ1) is 9.36. The summed E-state index contributed by atoms with van der Waals surface area (Å²) < 4.78 is 39.4. The third-order valence-corrected chi connectivity index (χ3v) is 5.20. The van der Waals surface area contributed by atoms with E-state index in [4.69, 9.17) is 0 Å². The van der Waals surface area contributed by atoms with E-state index in [1.165, 1.54) is 4.57 Å². The largest absolute Gasteiger partial charge is 0.417 e. The fourth-order valence-electron chi connectivity index (χ4n) is 2.82. The molecule has 2 nitrogen and oxygen atoms in total. The van der Waals surface area contributed by atoms with Crippen molar-refractivity contribution in [1.29, 1.82) is 0 Å². The summed E-state index contributed by atoms with van der Waals surface area (Å²) in [6, 6.07) is 1.86. The molecule has 0 N–H and O–H groups in total. The number of alkyl halides is 4. The second kappa shape index (κ2) is 5.92. The van der Waals surface area contributed by atoms with Crippen molar-refractivity contribution in [3.63, 3.8) is 0 Å². The highest BCUT2D eigenvalue weighted by Crippen LogP contribution is 2.39. The number of hydrogen-bond donors (Lipinski definition) is 0. The first kappa shape index (κ1) is 15.6. The van der Waals surface area contributed by atoms with Crippen molar-refractivity contribution in [2.24, 2.45) is 5.41 Å². The Morgan fingerprint density at radius 2 is 1.85 bits per heavy atom. The average Bonchev–Trinajstić information content (AvgIpc) is 2.41. The highest BCUT2D eigenvalue weighted by atomic mass is 79.9. The molecule has 0 amide bonds. The van der Waals surface area contributed by atoms with Gasteiger partial charge in [0.15, 0.2) is 0 Å². The van der Waals surface area contributed by atoms with Crippen LogP contribution in [0.25, 0.3) is 0 Å². The monoisotopic (exact) mass is 351 g/mol. The SMILES string of the molecule is O=c1ccc(C(F)(F)F)cn1CC1(CBr)CCCCC1. The third-order valence-electron chi connectivity index (χ3n) is 4.01. The van der Waals surface area contributed by atoms with Crippen LogP contribution in [0, 0.1) is 5.41 Å². The second-order valence-electron chi connectivity index (χ2n) is 5.58.